The molecule has 1 fully saturated rings. The first-order chi connectivity index (χ1) is 9.27. The zero-order valence-electron chi connectivity index (χ0n) is 12.6. The zero-order chi connectivity index (χ0) is 15.1. The Kier molecular flexibility index (Phi) is 3.59. The van der Waals surface area contributed by atoms with Gasteiger partial charge in [0.2, 0.25) is 5.91 Å². The van der Waals surface area contributed by atoms with Crippen LogP contribution in [0.1, 0.15) is 39.3 Å². The lowest BCUT2D eigenvalue weighted by Gasteiger charge is -2.53. The Bertz CT molecular complexity index is 528. The first-order valence-electron chi connectivity index (χ1n) is 6.75. The minimum Gasteiger partial charge on any atom is -0.497 e. The molecule has 4 heteroatoms. The first kappa shape index (κ1) is 14.6. The van der Waals surface area contributed by atoms with Gasteiger partial charge in [0.25, 0.3) is 0 Å². The Balaban J connectivity index is 2.37. The average Bonchev–Trinajstić information content (AvgIpc) is 2.33. The molecule has 0 aliphatic carbocycles. The molecule has 0 radical (unpaired) electrons. The van der Waals surface area contributed by atoms with Gasteiger partial charge in [-0.3, -0.25) is 9.59 Å². The van der Waals surface area contributed by atoms with E-state index in [0.717, 1.165) is 11.3 Å². The van der Waals surface area contributed by atoms with Crippen molar-refractivity contribution in [1.29, 1.82) is 0 Å². The van der Waals surface area contributed by atoms with E-state index >= 15 is 0 Å². The smallest absolute Gasteiger partial charge is 0.236 e. The van der Waals surface area contributed by atoms with E-state index in [2.05, 4.69) is 0 Å². The second-order valence-corrected chi connectivity index (χ2v) is 6.19. The maximum Gasteiger partial charge on any atom is 0.236 e. The van der Waals surface area contributed by atoms with Crippen LogP contribution in [0.2, 0.25) is 0 Å². The van der Waals surface area contributed by atoms with Gasteiger partial charge >= 0.3 is 0 Å². The van der Waals surface area contributed by atoms with Gasteiger partial charge in [0, 0.05) is 5.54 Å². The van der Waals surface area contributed by atoms with Gasteiger partial charge in [0.1, 0.15) is 17.5 Å². The number of benzene rings is 1. The number of hydrogen-bond donors (Lipinski definition) is 0. The predicted octanol–water partition coefficient (Wildman–Crippen LogP) is 2.58. The summed E-state index contributed by atoms with van der Waals surface area (Å²) in [4.78, 5) is 25.8. The number of rotatable bonds is 3. The van der Waals surface area contributed by atoms with Crippen LogP contribution in [0.3, 0.4) is 0 Å². The van der Waals surface area contributed by atoms with Crippen LogP contribution in [0.25, 0.3) is 0 Å². The van der Waals surface area contributed by atoms with Crippen molar-refractivity contribution in [2.24, 2.45) is 5.92 Å². The summed E-state index contributed by atoms with van der Waals surface area (Å²) in [5.41, 5.74) is 0.675. The second-order valence-electron chi connectivity index (χ2n) is 6.19. The maximum atomic E-state index is 12.2. The second kappa shape index (κ2) is 4.93. The van der Waals surface area contributed by atoms with Gasteiger partial charge in [-0.1, -0.05) is 12.1 Å². The van der Waals surface area contributed by atoms with E-state index in [1.165, 1.54) is 6.92 Å². The molecule has 1 heterocycles. The molecule has 1 saturated heterocycles. The lowest BCUT2D eigenvalue weighted by atomic mass is 9.76. The summed E-state index contributed by atoms with van der Waals surface area (Å²) in [7, 11) is 1.61. The molecule has 2 atom stereocenters. The molecule has 2 rings (SSSR count). The number of methoxy groups -OCH3 is 1. The fraction of sp³-hybridized carbons (Fsp3) is 0.500. The number of carbonyl (C=O) groups is 2. The highest BCUT2D eigenvalue weighted by atomic mass is 16.5. The van der Waals surface area contributed by atoms with Crippen molar-refractivity contribution in [2.75, 3.05) is 7.11 Å². The summed E-state index contributed by atoms with van der Waals surface area (Å²) in [6.07, 6.45) is 0. The molecule has 1 aliphatic heterocycles. The fourth-order valence-electron chi connectivity index (χ4n) is 2.78. The van der Waals surface area contributed by atoms with E-state index < -0.39 is 5.92 Å². The van der Waals surface area contributed by atoms with Crippen LogP contribution in [0.15, 0.2) is 24.3 Å². The molecule has 1 aliphatic rings. The van der Waals surface area contributed by atoms with Gasteiger partial charge in [-0.25, -0.2) is 0 Å². The number of Topliss-reactive ketones (excluding diaryl/α,β-unsaturated/α-hetero) is 1. The van der Waals surface area contributed by atoms with E-state index in [4.69, 9.17) is 4.74 Å². The van der Waals surface area contributed by atoms with Gasteiger partial charge in [0.05, 0.1) is 13.2 Å². The molecule has 1 amide bonds. The van der Waals surface area contributed by atoms with E-state index in [9.17, 15) is 9.59 Å². The van der Waals surface area contributed by atoms with Crippen molar-refractivity contribution in [3.63, 3.8) is 0 Å². The first-order valence-corrected chi connectivity index (χ1v) is 6.75. The molecule has 0 unspecified atom stereocenters. The SMILES string of the molecule is COc1ccc([C@@H]2[C@@H](C(C)=O)C(=O)N2C(C)(C)C)cc1. The molecule has 108 valence electrons. The monoisotopic (exact) mass is 275 g/mol. The third kappa shape index (κ3) is 2.30. The minimum absolute atomic E-state index is 0.0729. The minimum atomic E-state index is -0.553. The largest absolute Gasteiger partial charge is 0.497 e. The van der Waals surface area contributed by atoms with Gasteiger partial charge < -0.3 is 9.64 Å². The Morgan fingerprint density at radius 2 is 1.75 bits per heavy atom. The molecular weight excluding hydrogens is 254 g/mol. The molecule has 0 N–H and O–H groups in total. The number of hydrogen-bond acceptors (Lipinski definition) is 3. The normalized spacial score (nSPS) is 22.4. The highest BCUT2D eigenvalue weighted by Crippen LogP contribution is 2.45. The van der Waals surface area contributed by atoms with Gasteiger partial charge in [-0.05, 0) is 45.4 Å². The van der Waals surface area contributed by atoms with Gasteiger partial charge in [-0.15, -0.1) is 0 Å². The molecular formula is C16H21NO3. The van der Waals surface area contributed by atoms with Crippen molar-refractivity contribution in [2.45, 2.75) is 39.3 Å². The standard InChI is InChI=1S/C16H21NO3/c1-10(18)13-14(17(15(13)19)16(2,3)4)11-6-8-12(20-5)9-7-11/h6-9,13-14H,1-5H3/t13-,14-/m1/s1. The molecule has 0 spiro atoms. The third-order valence-corrected chi connectivity index (χ3v) is 3.72. The number of β-lactam (4-membered cyclic amide) rings is 1. The van der Waals surface area contributed by atoms with E-state index in [1.807, 2.05) is 45.0 Å². The van der Waals surface area contributed by atoms with Gasteiger partial charge in [0.15, 0.2) is 0 Å². The summed E-state index contributed by atoms with van der Waals surface area (Å²) in [6.45, 7) is 7.44. The van der Waals surface area contributed by atoms with Crippen LogP contribution in [0, 0.1) is 5.92 Å². The summed E-state index contributed by atoms with van der Waals surface area (Å²) in [5.74, 6) is 0.0610. The van der Waals surface area contributed by atoms with Crippen molar-refractivity contribution in [1.82, 2.24) is 4.90 Å². The molecule has 0 bridgehead atoms. The van der Waals surface area contributed by atoms with Gasteiger partial charge in [-0.2, -0.15) is 0 Å². The molecule has 0 aromatic heterocycles. The van der Waals surface area contributed by atoms with E-state index in [0.29, 0.717) is 0 Å². The summed E-state index contributed by atoms with van der Waals surface area (Å²) >= 11 is 0. The third-order valence-electron chi connectivity index (χ3n) is 3.72. The topological polar surface area (TPSA) is 46.6 Å². The number of likely N-dealkylation sites (tertiary alicyclic amines) is 1. The van der Waals surface area contributed by atoms with Crippen LogP contribution in [-0.2, 0) is 9.59 Å². The summed E-state index contributed by atoms with van der Waals surface area (Å²) in [5, 5.41) is 0. The Morgan fingerprint density at radius 3 is 2.15 bits per heavy atom. The molecule has 20 heavy (non-hydrogen) atoms. The number of nitrogens with zero attached hydrogens (tertiary/aromatic N) is 1. The maximum absolute atomic E-state index is 12.2. The summed E-state index contributed by atoms with van der Waals surface area (Å²) < 4.78 is 5.14. The number of carbonyl (C=O) groups excluding carboxylic acids is 2. The molecule has 1 aromatic rings. The van der Waals surface area contributed by atoms with Crippen molar-refractivity contribution in [3.05, 3.63) is 29.8 Å². The lowest BCUT2D eigenvalue weighted by Crippen LogP contribution is -2.63. The van der Waals surface area contributed by atoms with Crippen LogP contribution >= 0.6 is 0 Å². The Labute approximate surface area is 119 Å². The quantitative estimate of drug-likeness (QED) is 0.629. The van der Waals surface area contributed by atoms with Crippen LogP contribution in [0.5, 0.6) is 5.75 Å². The highest BCUT2D eigenvalue weighted by Gasteiger charge is 2.54. The average molecular weight is 275 g/mol. The van der Waals surface area contributed by atoms with Crippen LogP contribution in [-0.4, -0.2) is 29.2 Å². The Hall–Kier alpha value is -1.84. The van der Waals surface area contributed by atoms with Crippen molar-refractivity contribution < 1.29 is 14.3 Å². The predicted molar refractivity (Wildman–Crippen MR) is 76.5 cm³/mol. The van der Waals surface area contributed by atoms with E-state index in [-0.39, 0.29) is 23.3 Å². The van der Waals surface area contributed by atoms with Crippen LogP contribution < -0.4 is 4.74 Å². The molecule has 4 nitrogen and oxygen atoms in total. The molecule has 1 aromatic carbocycles. The number of amides is 1. The van der Waals surface area contributed by atoms with E-state index in [1.54, 1.807) is 12.0 Å². The lowest BCUT2D eigenvalue weighted by molar-refractivity contribution is -0.170. The fourth-order valence-corrected chi connectivity index (χ4v) is 2.78. The summed E-state index contributed by atoms with van der Waals surface area (Å²) in [6, 6.07) is 7.38. The number of ether oxygens (including phenoxy) is 1. The van der Waals surface area contributed by atoms with Crippen molar-refractivity contribution in [3.8, 4) is 5.75 Å². The highest BCUT2D eigenvalue weighted by molar-refractivity contribution is 6.06. The zero-order valence-corrected chi connectivity index (χ0v) is 12.6. The van der Waals surface area contributed by atoms with Crippen LogP contribution in [0.4, 0.5) is 0 Å². The number of ketones is 1. The molecule has 0 saturated carbocycles. The Morgan fingerprint density at radius 1 is 1.20 bits per heavy atom. The van der Waals surface area contributed by atoms with Crippen molar-refractivity contribution >= 4 is 11.7 Å².